The lowest BCUT2D eigenvalue weighted by Gasteiger charge is -2.29. The van der Waals surface area contributed by atoms with E-state index in [1.54, 1.807) is 16.9 Å². The van der Waals surface area contributed by atoms with Crippen molar-refractivity contribution < 1.29 is 9.32 Å². The molecule has 0 unspecified atom stereocenters. The highest BCUT2D eigenvalue weighted by Gasteiger charge is 2.22. The number of carbonyl (C=O) groups excluding carboxylic acids is 1. The first-order valence-corrected chi connectivity index (χ1v) is 9.80. The van der Waals surface area contributed by atoms with E-state index in [-0.39, 0.29) is 11.9 Å². The van der Waals surface area contributed by atoms with Crippen LogP contribution in [-0.2, 0) is 7.05 Å². The third-order valence-electron chi connectivity index (χ3n) is 5.22. The molecule has 0 radical (unpaired) electrons. The summed E-state index contributed by atoms with van der Waals surface area (Å²) in [5, 5.41) is 12.0. The van der Waals surface area contributed by atoms with Gasteiger partial charge in [-0.1, -0.05) is 11.6 Å². The molecule has 0 bridgehead atoms. The molecule has 1 amide bonds. The summed E-state index contributed by atoms with van der Waals surface area (Å²) >= 11 is 0. The van der Waals surface area contributed by atoms with Gasteiger partial charge in [0.05, 0.1) is 28.5 Å². The number of likely N-dealkylation sites (tertiary alicyclic amines) is 1. The maximum Gasteiger partial charge on any atom is 0.259 e. The zero-order valence-electron chi connectivity index (χ0n) is 16.6. The number of hydrogen-bond acceptors (Lipinski definition) is 6. The minimum Gasteiger partial charge on any atom is -0.348 e. The summed E-state index contributed by atoms with van der Waals surface area (Å²) in [7, 11) is 1.84. The number of nitrogens with zero attached hydrogens (tertiary/aromatic N) is 5. The van der Waals surface area contributed by atoms with E-state index < -0.39 is 0 Å². The summed E-state index contributed by atoms with van der Waals surface area (Å²) in [6.07, 6.45) is 7.35. The highest BCUT2D eigenvalue weighted by atomic mass is 16.5. The summed E-state index contributed by atoms with van der Waals surface area (Å²) in [4.78, 5) is 20.0. The standard InChI is InChI=1S/C20H26N6O2/c1-13(11-26-7-5-4-6-8-26)22-19(27)16-9-17(15-10-21-25(3)12-15)23-20-18(16)14(2)24-28-20/h9-10,12-13H,4-8,11H2,1-3H3,(H,22,27)/t13-/m1/s1. The summed E-state index contributed by atoms with van der Waals surface area (Å²) < 4.78 is 7.06. The molecule has 1 N–H and O–H groups in total. The Morgan fingerprint density at radius 2 is 2.11 bits per heavy atom. The maximum atomic E-state index is 13.1. The molecule has 1 fully saturated rings. The Morgan fingerprint density at radius 1 is 1.32 bits per heavy atom. The van der Waals surface area contributed by atoms with E-state index in [4.69, 9.17) is 4.52 Å². The first-order valence-electron chi connectivity index (χ1n) is 9.80. The molecule has 1 aliphatic rings. The second-order valence-electron chi connectivity index (χ2n) is 7.64. The molecule has 0 aromatic carbocycles. The van der Waals surface area contributed by atoms with Crippen molar-refractivity contribution in [2.75, 3.05) is 19.6 Å². The molecule has 0 aliphatic carbocycles. The first kappa shape index (κ1) is 18.6. The minimum atomic E-state index is -0.131. The predicted octanol–water partition coefficient (Wildman–Crippen LogP) is 2.54. The molecular formula is C20H26N6O2. The minimum absolute atomic E-state index is 0.0517. The van der Waals surface area contributed by atoms with E-state index in [1.807, 2.05) is 27.1 Å². The Bertz CT molecular complexity index is 986. The van der Waals surface area contributed by atoms with E-state index in [0.29, 0.717) is 28.1 Å². The molecule has 1 atom stereocenters. The van der Waals surface area contributed by atoms with Gasteiger partial charge in [0.1, 0.15) is 0 Å². The molecule has 4 rings (SSSR count). The summed E-state index contributed by atoms with van der Waals surface area (Å²) in [6, 6.07) is 1.85. The molecular weight excluding hydrogens is 356 g/mol. The molecule has 8 heteroatoms. The monoisotopic (exact) mass is 382 g/mol. The van der Waals surface area contributed by atoms with Crippen molar-refractivity contribution in [3.05, 3.63) is 29.7 Å². The lowest BCUT2D eigenvalue weighted by atomic mass is 10.1. The Labute approximate surface area is 163 Å². The van der Waals surface area contributed by atoms with Gasteiger partial charge < -0.3 is 14.7 Å². The van der Waals surface area contributed by atoms with Crippen LogP contribution in [0.5, 0.6) is 0 Å². The van der Waals surface area contributed by atoms with Crippen LogP contribution >= 0.6 is 0 Å². The van der Waals surface area contributed by atoms with Crippen LogP contribution in [0.4, 0.5) is 0 Å². The molecule has 1 saturated heterocycles. The van der Waals surface area contributed by atoms with Crippen LogP contribution < -0.4 is 5.32 Å². The Balaban J connectivity index is 1.60. The summed E-state index contributed by atoms with van der Waals surface area (Å²) in [5.74, 6) is -0.131. The van der Waals surface area contributed by atoms with Crippen molar-refractivity contribution in [2.45, 2.75) is 39.2 Å². The Hall–Kier alpha value is -2.74. The van der Waals surface area contributed by atoms with Gasteiger partial charge in [0, 0.05) is 31.4 Å². The molecule has 28 heavy (non-hydrogen) atoms. The highest BCUT2D eigenvalue weighted by molar-refractivity contribution is 6.07. The van der Waals surface area contributed by atoms with Crippen LogP contribution in [0.2, 0.25) is 0 Å². The highest BCUT2D eigenvalue weighted by Crippen LogP contribution is 2.26. The van der Waals surface area contributed by atoms with E-state index >= 15 is 0 Å². The number of rotatable bonds is 5. The van der Waals surface area contributed by atoms with Gasteiger partial charge in [-0.3, -0.25) is 9.48 Å². The SMILES string of the molecule is Cc1noc2nc(-c3cnn(C)c3)cc(C(=O)N[C@H](C)CN3CCCCC3)c12. The number of amides is 1. The van der Waals surface area contributed by atoms with E-state index in [2.05, 4.69) is 25.5 Å². The van der Waals surface area contributed by atoms with Gasteiger partial charge in [-0.2, -0.15) is 5.10 Å². The molecule has 0 spiro atoms. The van der Waals surface area contributed by atoms with Crippen molar-refractivity contribution in [1.29, 1.82) is 0 Å². The lowest BCUT2D eigenvalue weighted by Crippen LogP contribution is -2.43. The number of nitrogens with one attached hydrogen (secondary N) is 1. The van der Waals surface area contributed by atoms with Gasteiger partial charge in [-0.15, -0.1) is 0 Å². The van der Waals surface area contributed by atoms with Gasteiger partial charge in [-0.25, -0.2) is 4.98 Å². The second-order valence-corrected chi connectivity index (χ2v) is 7.64. The van der Waals surface area contributed by atoms with E-state index in [0.717, 1.165) is 25.2 Å². The molecule has 8 nitrogen and oxygen atoms in total. The molecule has 0 saturated carbocycles. The average Bonchev–Trinajstić information content (AvgIpc) is 3.28. The van der Waals surface area contributed by atoms with Gasteiger partial charge in [0.25, 0.3) is 11.6 Å². The smallest absolute Gasteiger partial charge is 0.259 e. The van der Waals surface area contributed by atoms with E-state index in [9.17, 15) is 4.79 Å². The van der Waals surface area contributed by atoms with Crippen molar-refractivity contribution in [2.24, 2.45) is 7.05 Å². The lowest BCUT2D eigenvalue weighted by molar-refractivity contribution is 0.0927. The van der Waals surface area contributed by atoms with Crippen LogP contribution in [0.25, 0.3) is 22.4 Å². The predicted molar refractivity (Wildman–Crippen MR) is 106 cm³/mol. The zero-order chi connectivity index (χ0) is 19.7. The molecule has 4 heterocycles. The fourth-order valence-corrected chi connectivity index (χ4v) is 3.85. The average molecular weight is 382 g/mol. The fourth-order valence-electron chi connectivity index (χ4n) is 3.85. The number of aryl methyl sites for hydroxylation is 2. The number of hydrogen-bond donors (Lipinski definition) is 1. The second kappa shape index (κ2) is 7.71. The summed E-state index contributed by atoms with van der Waals surface area (Å²) in [6.45, 7) is 6.95. The maximum absolute atomic E-state index is 13.1. The number of aromatic nitrogens is 4. The number of pyridine rings is 1. The Kier molecular flexibility index (Phi) is 5.13. The Morgan fingerprint density at radius 3 is 2.82 bits per heavy atom. The van der Waals surface area contributed by atoms with Crippen LogP contribution in [0.3, 0.4) is 0 Å². The van der Waals surface area contributed by atoms with Gasteiger partial charge in [-0.05, 0) is 45.8 Å². The quantitative estimate of drug-likeness (QED) is 0.729. The van der Waals surface area contributed by atoms with Crippen molar-refractivity contribution >= 4 is 17.0 Å². The van der Waals surface area contributed by atoms with Crippen molar-refractivity contribution in [1.82, 2.24) is 30.1 Å². The zero-order valence-corrected chi connectivity index (χ0v) is 16.6. The molecule has 1 aliphatic heterocycles. The van der Waals surface area contributed by atoms with Crippen LogP contribution in [0, 0.1) is 6.92 Å². The third kappa shape index (κ3) is 3.77. The largest absolute Gasteiger partial charge is 0.348 e. The normalized spacial score (nSPS) is 16.4. The van der Waals surface area contributed by atoms with Gasteiger partial charge in [0.15, 0.2) is 0 Å². The van der Waals surface area contributed by atoms with Crippen molar-refractivity contribution in [3.8, 4) is 11.3 Å². The van der Waals surface area contributed by atoms with E-state index in [1.165, 1.54) is 19.3 Å². The number of fused-ring (bicyclic) bond motifs is 1. The van der Waals surface area contributed by atoms with Gasteiger partial charge in [0.2, 0.25) is 0 Å². The molecule has 3 aromatic heterocycles. The van der Waals surface area contributed by atoms with Crippen LogP contribution in [0.1, 0.15) is 42.2 Å². The van der Waals surface area contributed by atoms with Crippen LogP contribution in [0.15, 0.2) is 23.0 Å². The van der Waals surface area contributed by atoms with Crippen LogP contribution in [-0.4, -0.2) is 56.4 Å². The molecule has 3 aromatic rings. The first-order chi connectivity index (χ1) is 13.5. The third-order valence-corrected chi connectivity index (χ3v) is 5.22. The van der Waals surface area contributed by atoms with Crippen molar-refractivity contribution in [3.63, 3.8) is 0 Å². The van der Waals surface area contributed by atoms with Gasteiger partial charge >= 0.3 is 0 Å². The summed E-state index contributed by atoms with van der Waals surface area (Å²) in [5.41, 5.74) is 3.04. The molecule has 148 valence electrons. The number of piperidine rings is 1. The topological polar surface area (TPSA) is 89.1 Å². The number of carbonyl (C=O) groups is 1. The fraction of sp³-hybridized carbons (Fsp3) is 0.500.